The Labute approximate surface area is 197 Å². The highest BCUT2D eigenvalue weighted by atomic mass is 32.2. The maximum atomic E-state index is 13.7. The van der Waals surface area contributed by atoms with Gasteiger partial charge in [-0.2, -0.15) is 12.7 Å². The maximum absolute atomic E-state index is 13.7. The summed E-state index contributed by atoms with van der Waals surface area (Å²) in [5.74, 6) is 0.395. The minimum Gasteiger partial charge on any atom is -0.486 e. The molecule has 1 unspecified atom stereocenters. The zero-order valence-corrected chi connectivity index (χ0v) is 21.1. The molecule has 0 aliphatic carbocycles. The second-order valence-corrected chi connectivity index (χ2v) is 12.0. The Morgan fingerprint density at radius 1 is 1.21 bits per heavy atom. The van der Waals surface area contributed by atoms with Crippen LogP contribution in [0.2, 0.25) is 0 Å². The molecule has 0 radical (unpaired) electrons. The van der Waals surface area contributed by atoms with Crippen LogP contribution in [0.4, 0.5) is 5.69 Å². The molecule has 0 bridgehead atoms. The lowest BCUT2D eigenvalue weighted by Crippen LogP contribution is -2.52. The molecule has 0 N–H and O–H groups in total. The molecule has 184 valence electrons. The maximum Gasteiger partial charge on any atom is 0.310 e. The highest BCUT2D eigenvalue weighted by molar-refractivity contribution is 7.90. The van der Waals surface area contributed by atoms with Crippen molar-refractivity contribution in [3.8, 4) is 5.75 Å². The zero-order chi connectivity index (χ0) is 24.4. The number of benzene rings is 1. The van der Waals surface area contributed by atoms with Gasteiger partial charge in [0.1, 0.15) is 23.2 Å². The van der Waals surface area contributed by atoms with Gasteiger partial charge in [-0.15, -0.1) is 0 Å². The van der Waals surface area contributed by atoms with Crippen LogP contribution in [0.3, 0.4) is 0 Å². The molecule has 3 rings (SSSR count). The van der Waals surface area contributed by atoms with Crippen molar-refractivity contribution < 1.29 is 27.5 Å². The minimum absolute atomic E-state index is 0.0347. The lowest BCUT2D eigenvalue weighted by atomic mass is 10.0. The Morgan fingerprint density at radius 3 is 2.58 bits per heavy atom. The van der Waals surface area contributed by atoms with Gasteiger partial charge in [0.05, 0.1) is 18.7 Å². The van der Waals surface area contributed by atoms with Crippen LogP contribution in [0, 0.1) is 5.92 Å². The second-order valence-electron chi connectivity index (χ2n) is 10.2. The van der Waals surface area contributed by atoms with Crippen LogP contribution in [0.15, 0.2) is 18.2 Å². The lowest BCUT2D eigenvalue weighted by Gasteiger charge is -2.40. The van der Waals surface area contributed by atoms with Gasteiger partial charge in [0.15, 0.2) is 0 Å². The largest absolute Gasteiger partial charge is 0.486 e. The lowest BCUT2D eigenvalue weighted by molar-refractivity contribution is -0.153. The third-order valence-electron chi connectivity index (χ3n) is 5.77. The molecular formula is C24H36N2O6S. The molecule has 2 aliphatic rings. The third-order valence-corrected chi connectivity index (χ3v) is 7.65. The average molecular weight is 481 g/mol. The number of esters is 1. The number of fused-ring (bicyclic) bond motifs is 1. The molecular weight excluding hydrogens is 444 g/mol. The van der Waals surface area contributed by atoms with E-state index in [0.29, 0.717) is 48.8 Å². The summed E-state index contributed by atoms with van der Waals surface area (Å²) in [5.41, 5.74) is 0.480. The summed E-state index contributed by atoms with van der Waals surface area (Å²) in [6, 6.07) is 5.16. The van der Waals surface area contributed by atoms with E-state index in [-0.39, 0.29) is 24.7 Å². The first-order valence-corrected chi connectivity index (χ1v) is 13.0. The van der Waals surface area contributed by atoms with Crippen molar-refractivity contribution >= 4 is 27.6 Å². The van der Waals surface area contributed by atoms with Crippen molar-refractivity contribution in [2.24, 2.45) is 5.92 Å². The van der Waals surface area contributed by atoms with Crippen molar-refractivity contribution in [3.05, 3.63) is 23.8 Å². The molecule has 8 nitrogen and oxygen atoms in total. The quantitative estimate of drug-likeness (QED) is 0.555. The topological polar surface area (TPSA) is 93.2 Å². The van der Waals surface area contributed by atoms with E-state index in [1.807, 2.05) is 0 Å². The number of nitrogens with zero attached hydrogens (tertiary/aromatic N) is 2. The Bertz CT molecular complexity index is 985. The molecule has 1 aromatic carbocycles. The fraction of sp³-hybridized carbons (Fsp3) is 0.667. The Hall–Kier alpha value is -2.13. The van der Waals surface area contributed by atoms with E-state index in [4.69, 9.17) is 9.47 Å². The molecule has 2 heterocycles. The van der Waals surface area contributed by atoms with Crippen LogP contribution in [0.25, 0.3) is 0 Å². The number of rotatable bonds is 7. The Morgan fingerprint density at radius 2 is 1.94 bits per heavy atom. The van der Waals surface area contributed by atoms with E-state index in [1.54, 1.807) is 43.3 Å². The zero-order valence-electron chi connectivity index (χ0n) is 20.3. The summed E-state index contributed by atoms with van der Waals surface area (Å²) in [4.78, 5) is 23.8. The average Bonchev–Trinajstić information content (AvgIpc) is 2.70. The van der Waals surface area contributed by atoms with E-state index >= 15 is 0 Å². The van der Waals surface area contributed by atoms with Gasteiger partial charge in [0.2, 0.25) is 0 Å². The third kappa shape index (κ3) is 6.69. The van der Waals surface area contributed by atoms with Crippen LogP contribution < -0.4 is 9.04 Å². The van der Waals surface area contributed by atoms with E-state index in [0.717, 1.165) is 12.8 Å². The molecule has 0 aromatic heterocycles. The number of ether oxygens (including phenoxy) is 2. The van der Waals surface area contributed by atoms with Crippen LogP contribution in [0.5, 0.6) is 5.75 Å². The first-order chi connectivity index (χ1) is 15.3. The number of carbonyl (C=O) groups excluding carboxylic acids is 2. The second kappa shape index (κ2) is 10.0. The summed E-state index contributed by atoms with van der Waals surface area (Å²) in [7, 11) is -3.79. The first-order valence-electron chi connectivity index (χ1n) is 11.6. The summed E-state index contributed by atoms with van der Waals surface area (Å²) >= 11 is 0. The highest BCUT2D eigenvalue weighted by Crippen LogP contribution is 2.38. The molecule has 1 aromatic rings. The number of anilines is 1. The predicted molar refractivity (Wildman–Crippen MR) is 127 cm³/mol. The predicted octanol–water partition coefficient (Wildman–Crippen LogP) is 3.48. The smallest absolute Gasteiger partial charge is 0.310 e. The van der Waals surface area contributed by atoms with E-state index < -0.39 is 21.9 Å². The normalized spacial score (nSPS) is 21.8. The van der Waals surface area contributed by atoms with E-state index in [2.05, 4.69) is 6.92 Å². The Balaban J connectivity index is 1.92. The van der Waals surface area contributed by atoms with Crippen molar-refractivity contribution in [1.82, 2.24) is 4.31 Å². The van der Waals surface area contributed by atoms with Gasteiger partial charge >= 0.3 is 16.2 Å². The standard InChI is InChI=1S/C24H36N2O6S/c1-17-7-6-12-25(15-17)33(29,30)26-16-20(10-8-18(2)27)31-22-11-9-19(13-21(22)26)14-23(28)32-24(3,4)5/h9,11,13,17,20H,6-8,10,12,14-16H2,1-5H3/t17?,20-/m0/s1. The van der Waals surface area contributed by atoms with Crippen molar-refractivity contribution in [2.75, 3.05) is 23.9 Å². The summed E-state index contributed by atoms with van der Waals surface area (Å²) in [5, 5.41) is 0. The summed E-state index contributed by atoms with van der Waals surface area (Å²) < 4.78 is 41.8. The summed E-state index contributed by atoms with van der Waals surface area (Å²) in [6.07, 6.45) is 2.21. The molecule has 33 heavy (non-hydrogen) atoms. The molecule has 0 spiro atoms. The summed E-state index contributed by atoms with van der Waals surface area (Å²) in [6.45, 7) is 10.1. The van der Waals surface area contributed by atoms with Gasteiger partial charge in [0, 0.05) is 19.5 Å². The fourth-order valence-corrected chi connectivity index (χ4v) is 6.07. The van der Waals surface area contributed by atoms with Gasteiger partial charge in [-0.3, -0.25) is 9.10 Å². The molecule has 0 amide bonds. The number of ketones is 1. The number of piperidine rings is 1. The molecule has 1 fully saturated rings. The van der Waals surface area contributed by atoms with Crippen LogP contribution in [-0.2, 0) is 31.0 Å². The van der Waals surface area contributed by atoms with Gasteiger partial charge in [-0.1, -0.05) is 13.0 Å². The number of hydrogen-bond acceptors (Lipinski definition) is 6. The molecule has 9 heteroatoms. The van der Waals surface area contributed by atoms with Crippen LogP contribution in [0.1, 0.15) is 65.9 Å². The number of Topliss-reactive ketones (excluding diaryl/α,β-unsaturated/α-hetero) is 1. The van der Waals surface area contributed by atoms with Crippen molar-refractivity contribution in [2.45, 2.75) is 78.4 Å². The van der Waals surface area contributed by atoms with Gasteiger partial charge in [-0.05, 0) is 70.6 Å². The van der Waals surface area contributed by atoms with Gasteiger partial charge in [0.25, 0.3) is 0 Å². The van der Waals surface area contributed by atoms with Crippen LogP contribution >= 0.6 is 0 Å². The van der Waals surface area contributed by atoms with Gasteiger partial charge in [-0.25, -0.2) is 0 Å². The molecule has 2 aliphatic heterocycles. The molecule has 1 saturated heterocycles. The van der Waals surface area contributed by atoms with Crippen molar-refractivity contribution in [3.63, 3.8) is 0 Å². The SMILES string of the molecule is CC(=O)CC[C@H]1CN(S(=O)(=O)N2CCCC(C)C2)c2cc(CC(=O)OC(C)(C)C)ccc2O1. The molecule has 2 atom stereocenters. The van der Waals surface area contributed by atoms with E-state index in [1.165, 1.54) is 11.2 Å². The number of carbonyl (C=O) groups is 2. The van der Waals surface area contributed by atoms with E-state index in [9.17, 15) is 18.0 Å². The fourth-order valence-electron chi connectivity index (χ4n) is 4.24. The van der Waals surface area contributed by atoms with Crippen molar-refractivity contribution in [1.29, 1.82) is 0 Å². The Kier molecular flexibility index (Phi) is 7.73. The monoisotopic (exact) mass is 480 g/mol. The molecule has 0 saturated carbocycles. The highest BCUT2D eigenvalue weighted by Gasteiger charge is 2.38. The first kappa shape index (κ1) is 25.5. The minimum atomic E-state index is -3.79. The number of hydrogen-bond donors (Lipinski definition) is 0. The van der Waals surface area contributed by atoms with Crippen LogP contribution in [-0.4, -0.2) is 55.8 Å². The van der Waals surface area contributed by atoms with Gasteiger partial charge < -0.3 is 14.3 Å².